The number of hydrogen-bond donors (Lipinski definition) is 1. The van der Waals surface area contributed by atoms with Crippen molar-refractivity contribution in [1.29, 1.82) is 0 Å². The minimum Gasteiger partial charge on any atom is -0.349 e. The Morgan fingerprint density at radius 1 is 1.11 bits per heavy atom. The van der Waals surface area contributed by atoms with E-state index in [0.717, 1.165) is 16.3 Å². The Bertz CT molecular complexity index is 614. The summed E-state index contributed by atoms with van der Waals surface area (Å²) in [6.07, 6.45) is -0.0604. The first kappa shape index (κ1) is 13.3. The summed E-state index contributed by atoms with van der Waals surface area (Å²) < 4.78 is 0. The molecule has 0 aliphatic carbocycles. The molecule has 2 aromatic carbocycles. The zero-order valence-electron chi connectivity index (χ0n) is 11.1. The van der Waals surface area contributed by atoms with Crippen molar-refractivity contribution in [3.63, 3.8) is 0 Å². The number of Topliss-reactive ketones (excluding diaryl/α,β-unsaturated/α-hetero) is 1. The van der Waals surface area contributed by atoms with Crippen LogP contribution in [0.2, 0.25) is 0 Å². The van der Waals surface area contributed by atoms with Crippen molar-refractivity contribution >= 4 is 22.5 Å². The highest BCUT2D eigenvalue weighted by Crippen LogP contribution is 2.23. The van der Waals surface area contributed by atoms with Gasteiger partial charge in [-0.3, -0.25) is 9.59 Å². The van der Waals surface area contributed by atoms with Crippen LogP contribution in [-0.4, -0.2) is 11.7 Å². The summed E-state index contributed by atoms with van der Waals surface area (Å²) in [4.78, 5) is 22.6. The summed E-state index contributed by atoms with van der Waals surface area (Å²) in [6.45, 7) is 3.35. The van der Waals surface area contributed by atoms with Crippen molar-refractivity contribution in [2.24, 2.45) is 0 Å². The molecule has 0 aliphatic rings. The van der Waals surface area contributed by atoms with Gasteiger partial charge in [-0.15, -0.1) is 0 Å². The Kier molecular flexibility index (Phi) is 3.95. The van der Waals surface area contributed by atoms with Gasteiger partial charge < -0.3 is 5.32 Å². The van der Waals surface area contributed by atoms with Crippen molar-refractivity contribution in [2.75, 3.05) is 0 Å². The van der Waals surface area contributed by atoms with Crippen molar-refractivity contribution in [1.82, 2.24) is 5.32 Å². The second-order valence-corrected chi connectivity index (χ2v) is 4.74. The van der Waals surface area contributed by atoms with Crippen molar-refractivity contribution in [3.8, 4) is 0 Å². The number of amides is 1. The van der Waals surface area contributed by atoms with Crippen LogP contribution in [0.3, 0.4) is 0 Å². The largest absolute Gasteiger partial charge is 0.349 e. The lowest BCUT2D eigenvalue weighted by molar-refractivity contribution is -0.127. The number of carbonyl (C=O) groups is 2. The number of hydrogen-bond acceptors (Lipinski definition) is 2. The van der Waals surface area contributed by atoms with E-state index >= 15 is 0 Å². The van der Waals surface area contributed by atoms with E-state index in [1.165, 1.54) is 6.92 Å². The molecule has 0 saturated carbocycles. The molecule has 2 aromatic rings. The van der Waals surface area contributed by atoms with E-state index in [9.17, 15) is 9.59 Å². The molecule has 0 bridgehead atoms. The third-order valence-electron chi connectivity index (χ3n) is 3.08. The van der Waals surface area contributed by atoms with E-state index < -0.39 is 0 Å². The lowest BCUT2D eigenvalue weighted by atomic mass is 9.99. The first-order chi connectivity index (χ1) is 9.08. The van der Waals surface area contributed by atoms with Gasteiger partial charge in [0.15, 0.2) is 0 Å². The molecule has 3 heteroatoms. The number of ketones is 1. The van der Waals surface area contributed by atoms with Gasteiger partial charge in [-0.05, 0) is 30.2 Å². The molecule has 1 amide bonds. The van der Waals surface area contributed by atoms with Crippen LogP contribution in [0.1, 0.15) is 31.9 Å². The van der Waals surface area contributed by atoms with E-state index in [2.05, 4.69) is 5.32 Å². The zero-order chi connectivity index (χ0) is 13.8. The summed E-state index contributed by atoms with van der Waals surface area (Å²) >= 11 is 0. The fourth-order valence-corrected chi connectivity index (χ4v) is 2.22. The molecule has 1 atom stereocenters. The molecule has 0 saturated heterocycles. The van der Waals surface area contributed by atoms with Gasteiger partial charge in [-0.2, -0.15) is 0 Å². The number of benzene rings is 2. The second-order valence-electron chi connectivity index (χ2n) is 4.74. The van der Waals surface area contributed by atoms with E-state index in [1.54, 1.807) is 0 Å². The van der Waals surface area contributed by atoms with Gasteiger partial charge >= 0.3 is 0 Å². The van der Waals surface area contributed by atoms with Crippen LogP contribution < -0.4 is 5.32 Å². The van der Waals surface area contributed by atoms with Crippen LogP contribution in [0, 0.1) is 0 Å². The summed E-state index contributed by atoms with van der Waals surface area (Å²) in [6, 6.07) is 14.0. The Hall–Kier alpha value is -2.16. The lowest BCUT2D eigenvalue weighted by Gasteiger charge is -2.16. The minimum atomic E-state index is -0.229. The Balaban J connectivity index is 2.24. The highest BCUT2D eigenvalue weighted by atomic mass is 16.2. The van der Waals surface area contributed by atoms with Gasteiger partial charge in [0.2, 0.25) is 5.91 Å². The summed E-state index contributed by atoms with van der Waals surface area (Å²) in [5, 5.41) is 5.13. The highest BCUT2D eigenvalue weighted by Gasteiger charge is 2.13. The van der Waals surface area contributed by atoms with Gasteiger partial charge in [-0.1, -0.05) is 42.5 Å². The van der Waals surface area contributed by atoms with E-state index in [4.69, 9.17) is 0 Å². The number of carbonyl (C=O) groups excluding carboxylic acids is 2. The minimum absolute atomic E-state index is 0.0604. The predicted molar refractivity (Wildman–Crippen MR) is 75.8 cm³/mol. The molecule has 0 unspecified atom stereocenters. The normalized spacial score (nSPS) is 12.1. The maximum absolute atomic E-state index is 11.6. The van der Waals surface area contributed by atoms with Gasteiger partial charge in [-0.25, -0.2) is 0 Å². The average molecular weight is 255 g/mol. The molecular weight excluding hydrogens is 238 g/mol. The Morgan fingerprint density at radius 2 is 1.79 bits per heavy atom. The SMILES string of the molecule is CC(=O)CC(=O)N[C@H](C)c1cccc2ccccc12. The summed E-state index contributed by atoms with van der Waals surface area (Å²) in [5.74, 6) is -0.351. The number of rotatable bonds is 4. The molecule has 0 aliphatic heterocycles. The monoisotopic (exact) mass is 255 g/mol. The molecule has 0 radical (unpaired) electrons. The standard InChI is InChI=1S/C16H17NO2/c1-11(18)10-16(19)17-12(2)14-9-5-7-13-6-3-4-8-15(13)14/h3-9,12H,10H2,1-2H3,(H,17,19)/t12-/m1/s1. The van der Waals surface area contributed by atoms with Gasteiger partial charge in [0.1, 0.15) is 5.78 Å². The van der Waals surface area contributed by atoms with Crippen LogP contribution in [0.15, 0.2) is 42.5 Å². The average Bonchev–Trinajstić information content (AvgIpc) is 2.36. The first-order valence-electron chi connectivity index (χ1n) is 6.34. The van der Waals surface area contributed by atoms with Crippen molar-refractivity contribution in [2.45, 2.75) is 26.3 Å². The van der Waals surface area contributed by atoms with Gasteiger partial charge in [0.25, 0.3) is 0 Å². The number of fused-ring (bicyclic) bond motifs is 1. The lowest BCUT2D eigenvalue weighted by Crippen LogP contribution is -2.28. The van der Waals surface area contributed by atoms with E-state index in [1.807, 2.05) is 49.4 Å². The topological polar surface area (TPSA) is 46.2 Å². The third-order valence-corrected chi connectivity index (χ3v) is 3.08. The van der Waals surface area contributed by atoms with Crippen LogP contribution in [0.4, 0.5) is 0 Å². The Labute approximate surface area is 112 Å². The fraction of sp³-hybridized carbons (Fsp3) is 0.250. The predicted octanol–water partition coefficient (Wildman–Crippen LogP) is 3.00. The number of nitrogens with one attached hydrogen (secondary N) is 1. The van der Waals surface area contributed by atoms with Crippen molar-refractivity contribution < 1.29 is 9.59 Å². The molecule has 0 heterocycles. The van der Waals surface area contributed by atoms with Gasteiger partial charge in [0, 0.05) is 0 Å². The van der Waals surface area contributed by atoms with Crippen LogP contribution in [0.5, 0.6) is 0 Å². The third kappa shape index (κ3) is 3.19. The molecular formula is C16H17NO2. The highest BCUT2D eigenvalue weighted by molar-refractivity contribution is 5.97. The van der Waals surface area contributed by atoms with Crippen LogP contribution >= 0.6 is 0 Å². The maximum atomic E-state index is 11.6. The molecule has 1 N–H and O–H groups in total. The fourth-order valence-electron chi connectivity index (χ4n) is 2.22. The zero-order valence-corrected chi connectivity index (χ0v) is 11.1. The quantitative estimate of drug-likeness (QED) is 0.854. The molecule has 3 nitrogen and oxygen atoms in total. The smallest absolute Gasteiger partial charge is 0.227 e. The Morgan fingerprint density at radius 3 is 2.53 bits per heavy atom. The second kappa shape index (κ2) is 5.65. The van der Waals surface area contributed by atoms with Crippen LogP contribution in [-0.2, 0) is 9.59 Å². The molecule has 98 valence electrons. The maximum Gasteiger partial charge on any atom is 0.227 e. The van der Waals surface area contributed by atoms with E-state index in [0.29, 0.717) is 0 Å². The van der Waals surface area contributed by atoms with Crippen molar-refractivity contribution in [3.05, 3.63) is 48.0 Å². The van der Waals surface area contributed by atoms with E-state index in [-0.39, 0.29) is 24.2 Å². The first-order valence-corrected chi connectivity index (χ1v) is 6.34. The molecule has 0 aromatic heterocycles. The molecule has 0 spiro atoms. The molecule has 19 heavy (non-hydrogen) atoms. The van der Waals surface area contributed by atoms with Crippen LogP contribution in [0.25, 0.3) is 10.8 Å². The molecule has 2 rings (SSSR count). The summed E-state index contributed by atoms with van der Waals surface area (Å²) in [7, 11) is 0. The molecule has 0 fully saturated rings. The van der Waals surface area contributed by atoms with Gasteiger partial charge in [0.05, 0.1) is 12.5 Å². The summed E-state index contributed by atoms with van der Waals surface area (Å²) in [5.41, 5.74) is 1.06.